The maximum atomic E-state index is 11.5. The first-order valence-corrected chi connectivity index (χ1v) is 5.90. The van der Waals surface area contributed by atoms with Crippen LogP contribution in [0, 0.1) is 0 Å². The zero-order valence-electron chi connectivity index (χ0n) is 10.6. The van der Waals surface area contributed by atoms with Gasteiger partial charge in [0.2, 0.25) is 0 Å². The third-order valence-electron chi connectivity index (χ3n) is 2.97. The Kier molecular flexibility index (Phi) is 4.53. The number of carbonyl (C=O) groups is 1. The van der Waals surface area contributed by atoms with Crippen LogP contribution in [0.15, 0.2) is 12.1 Å². The molecule has 88 valence electrons. The average molecular weight is 220 g/mol. The summed E-state index contributed by atoms with van der Waals surface area (Å²) < 4.78 is 4.77. The van der Waals surface area contributed by atoms with Crippen molar-refractivity contribution in [2.75, 3.05) is 7.11 Å². The SMILES string of the molecule is CCc1cc(C(=O)OC)cc(CC)c1CC. The Bertz CT molecular complexity index is 355. The summed E-state index contributed by atoms with van der Waals surface area (Å²) in [5, 5.41) is 0. The van der Waals surface area contributed by atoms with Gasteiger partial charge in [0.1, 0.15) is 0 Å². The van der Waals surface area contributed by atoms with E-state index >= 15 is 0 Å². The van der Waals surface area contributed by atoms with Crippen molar-refractivity contribution < 1.29 is 9.53 Å². The molecule has 0 N–H and O–H groups in total. The van der Waals surface area contributed by atoms with Crippen molar-refractivity contribution in [3.8, 4) is 0 Å². The van der Waals surface area contributed by atoms with E-state index in [4.69, 9.17) is 4.74 Å². The molecule has 0 saturated carbocycles. The molecule has 0 atom stereocenters. The summed E-state index contributed by atoms with van der Waals surface area (Å²) in [7, 11) is 1.42. The van der Waals surface area contributed by atoms with Crippen LogP contribution < -0.4 is 0 Å². The second-order valence-electron chi connectivity index (χ2n) is 3.83. The number of benzene rings is 1. The lowest BCUT2D eigenvalue weighted by Crippen LogP contribution is -2.06. The van der Waals surface area contributed by atoms with Crippen LogP contribution in [0.1, 0.15) is 47.8 Å². The summed E-state index contributed by atoms with van der Waals surface area (Å²) in [5.41, 5.74) is 4.59. The van der Waals surface area contributed by atoms with Crippen LogP contribution in [-0.4, -0.2) is 13.1 Å². The lowest BCUT2D eigenvalue weighted by Gasteiger charge is -2.13. The molecule has 2 heteroatoms. The summed E-state index contributed by atoms with van der Waals surface area (Å²) >= 11 is 0. The molecule has 16 heavy (non-hydrogen) atoms. The van der Waals surface area contributed by atoms with Gasteiger partial charge in [-0.25, -0.2) is 4.79 Å². The molecule has 0 spiro atoms. The maximum Gasteiger partial charge on any atom is 0.337 e. The van der Waals surface area contributed by atoms with Crippen LogP contribution in [-0.2, 0) is 24.0 Å². The van der Waals surface area contributed by atoms with Crippen molar-refractivity contribution >= 4 is 5.97 Å². The molecule has 0 amide bonds. The van der Waals surface area contributed by atoms with Gasteiger partial charge in [0, 0.05) is 0 Å². The normalized spacial score (nSPS) is 10.2. The van der Waals surface area contributed by atoms with Crippen molar-refractivity contribution in [3.63, 3.8) is 0 Å². The second-order valence-corrected chi connectivity index (χ2v) is 3.83. The lowest BCUT2D eigenvalue weighted by atomic mass is 9.93. The fourth-order valence-electron chi connectivity index (χ4n) is 2.12. The van der Waals surface area contributed by atoms with E-state index in [0.29, 0.717) is 5.56 Å². The first kappa shape index (κ1) is 12.8. The van der Waals surface area contributed by atoms with Gasteiger partial charge < -0.3 is 4.74 Å². The van der Waals surface area contributed by atoms with E-state index in [1.807, 2.05) is 12.1 Å². The molecule has 0 aliphatic heterocycles. The molecule has 0 unspecified atom stereocenters. The van der Waals surface area contributed by atoms with Gasteiger partial charge in [0.15, 0.2) is 0 Å². The molecule has 1 aromatic carbocycles. The van der Waals surface area contributed by atoms with E-state index in [0.717, 1.165) is 19.3 Å². The molecule has 1 aromatic rings. The van der Waals surface area contributed by atoms with Crippen molar-refractivity contribution in [1.29, 1.82) is 0 Å². The molecular weight excluding hydrogens is 200 g/mol. The molecule has 2 nitrogen and oxygen atoms in total. The predicted molar refractivity (Wildman–Crippen MR) is 65.9 cm³/mol. The second kappa shape index (κ2) is 5.69. The highest BCUT2D eigenvalue weighted by Gasteiger charge is 2.12. The number of ether oxygens (including phenoxy) is 1. The fraction of sp³-hybridized carbons (Fsp3) is 0.500. The number of carbonyl (C=O) groups excluding carboxylic acids is 1. The Hall–Kier alpha value is -1.31. The van der Waals surface area contributed by atoms with Gasteiger partial charge in [0.05, 0.1) is 12.7 Å². The first-order chi connectivity index (χ1) is 7.67. The minimum absolute atomic E-state index is 0.243. The van der Waals surface area contributed by atoms with E-state index < -0.39 is 0 Å². The average Bonchev–Trinajstić information content (AvgIpc) is 2.35. The molecule has 0 aliphatic rings. The third kappa shape index (κ3) is 2.43. The third-order valence-corrected chi connectivity index (χ3v) is 2.97. The Morgan fingerprint density at radius 1 is 1.06 bits per heavy atom. The molecule has 0 fully saturated rings. The minimum Gasteiger partial charge on any atom is -0.465 e. The van der Waals surface area contributed by atoms with Crippen LogP contribution >= 0.6 is 0 Å². The van der Waals surface area contributed by atoms with Crippen LogP contribution in [0.2, 0.25) is 0 Å². The number of hydrogen-bond donors (Lipinski definition) is 0. The molecule has 0 bridgehead atoms. The molecule has 1 rings (SSSR count). The Morgan fingerprint density at radius 2 is 1.56 bits per heavy atom. The topological polar surface area (TPSA) is 26.3 Å². The summed E-state index contributed by atoms with van der Waals surface area (Å²) in [5.74, 6) is -0.243. The summed E-state index contributed by atoms with van der Waals surface area (Å²) in [6, 6.07) is 3.92. The van der Waals surface area contributed by atoms with E-state index in [-0.39, 0.29) is 5.97 Å². The van der Waals surface area contributed by atoms with Crippen molar-refractivity contribution in [2.45, 2.75) is 40.0 Å². The number of esters is 1. The molecule has 0 heterocycles. The standard InChI is InChI=1S/C14H20O2/c1-5-10-8-12(14(15)16-4)9-11(6-2)13(10)7-3/h8-9H,5-7H2,1-4H3. The van der Waals surface area contributed by atoms with Gasteiger partial charge in [-0.15, -0.1) is 0 Å². The van der Waals surface area contributed by atoms with Crippen molar-refractivity contribution in [3.05, 3.63) is 34.4 Å². The number of methoxy groups -OCH3 is 1. The fourth-order valence-corrected chi connectivity index (χ4v) is 2.12. The number of hydrogen-bond acceptors (Lipinski definition) is 2. The number of rotatable bonds is 4. The van der Waals surface area contributed by atoms with E-state index in [9.17, 15) is 4.79 Å². The van der Waals surface area contributed by atoms with Gasteiger partial charge in [-0.05, 0) is 48.1 Å². The van der Waals surface area contributed by atoms with Crippen LogP contribution in [0.5, 0.6) is 0 Å². The Labute approximate surface area is 97.6 Å². The van der Waals surface area contributed by atoms with E-state index in [1.165, 1.54) is 23.8 Å². The Balaban J connectivity index is 3.31. The quantitative estimate of drug-likeness (QED) is 0.728. The zero-order valence-corrected chi connectivity index (χ0v) is 10.6. The Morgan fingerprint density at radius 3 is 1.88 bits per heavy atom. The smallest absolute Gasteiger partial charge is 0.337 e. The molecule has 0 aromatic heterocycles. The van der Waals surface area contributed by atoms with Gasteiger partial charge in [-0.2, -0.15) is 0 Å². The van der Waals surface area contributed by atoms with Gasteiger partial charge in [-0.3, -0.25) is 0 Å². The zero-order chi connectivity index (χ0) is 12.1. The summed E-state index contributed by atoms with van der Waals surface area (Å²) in [4.78, 5) is 11.5. The summed E-state index contributed by atoms with van der Waals surface area (Å²) in [6.45, 7) is 6.40. The van der Waals surface area contributed by atoms with Crippen molar-refractivity contribution in [1.82, 2.24) is 0 Å². The van der Waals surface area contributed by atoms with Crippen molar-refractivity contribution in [2.24, 2.45) is 0 Å². The predicted octanol–water partition coefficient (Wildman–Crippen LogP) is 3.16. The molecule has 0 saturated heterocycles. The molecule has 0 aliphatic carbocycles. The molecular formula is C14H20O2. The minimum atomic E-state index is -0.243. The van der Waals surface area contributed by atoms with Gasteiger partial charge >= 0.3 is 5.97 Å². The van der Waals surface area contributed by atoms with Crippen LogP contribution in [0.25, 0.3) is 0 Å². The summed E-state index contributed by atoms with van der Waals surface area (Å²) in [6.07, 6.45) is 2.94. The number of aryl methyl sites for hydroxylation is 2. The molecule has 0 radical (unpaired) electrons. The van der Waals surface area contributed by atoms with E-state index in [1.54, 1.807) is 0 Å². The lowest BCUT2D eigenvalue weighted by molar-refractivity contribution is 0.0600. The van der Waals surface area contributed by atoms with Gasteiger partial charge in [-0.1, -0.05) is 20.8 Å². The van der Waals surface area contributed by atoms with Crippen LogP contribution in [0.4, 0.5) is 0 Å². The van der Waals surface area contributed by atoms with Crippen LogP contribution in [0.3, 0.4) is 0 Å². The highest BCUT2D eigenvalue weighted by atomic mass is 16.5. The highest BCUT2D eigenvalue weighted by Crippen LogP contribution is 2.20. The highest BCUT2D eigenvalue weighted by molar-refractivity contribution is 5.90. The largest absolute Gasteiger partial charge is 0.465 e. The maximum absolute atomic E-state index is 11.5. The van der Waals surface area contributed by atoms with E-state index in [2.05, 4.69) is 20.8 Å². The van der Waals surface area contributed by atoms with Gasteiger partial charge in [0.25, 0.3) is 0 Å². The monoisotopic (exact) mass is 220 g/mol. The first-order valence-electron chi connectivity index (χ1n) is 5.90.